The summed E-state index contributed by atoms with van der Waals surface area (Å²) in [6, 6.07) is 1.85. The van der Waals surface area contributed by atoms with Crippen molar-refractivity contribution in [2.75, 3.05) is 57.8 Å². The molecule has 0 amide bonds. The van der Waals surface area contributed by atoms with Crippen LogP contribution in [0.25, 0.3) is 0 Å². The number of hydrogen-bond donors (Lipinski definition) is 2. The quantitative estimate of drug-likeness (QED) is 0.436. The Morgan fingerprint density at radius 2 is 2.00 bits per heavy atom. The van der Waals surface area contributed by atoms with Crippen molar-refractivity contribution in [3.63, 3.8) is 0 Å². The molecule has 0 spiro atoms. The van der Waals surface area contributed by atoms with Crippen LogP contribution < -0.4 is 15.5 Å². The van der Waals surface area contributed by atoms with Crippen LogP contribution in [0, 0.1) is 0 Å². The van der Waals surface area contributed by atoms with Gasteiger partial charge in [-0.2, -0.15) is 0 Å². The lowest BCUT2D eigenvalue weighted by molar-refractivity contribution is 0.260. The molecule has 2 N–H and O–H groups in total. The summed E-state index contributed by atoms with van der Waals surface area (Å²) in [5.41, 5.74) is 0. The summed E-state index contributed by atoms with van der Waals surface area (Å²) in [5.74, 6) is 1.64. The van der Waals surface area contributed by atoms with Crippen molar-refractivity contribution >= 4 is 11.9 Å². The topological polar surface area (TPSA) is 68.7 Å². The first-order valence-electron chi connectivity index (χ1n) is 7.63. The third kappa shape index (κ3) is 5.00. The molecule has 0 unspecified atom stereocenters. The van der Waals surface area contributed by atoms with Gasteiger partial charge >= 0.3 is 0 Å². The van der Waals surface area contributed by atoms with E-state index in [0.717, 1.165) is 57.7 Å². The van der Waals surface area contributed by atoms with E-state index in [-0.39, 0.29) is 0 Å². The number of aromatic nitrogens is 2. The lowest BCUT2D eigenvalue weighted by Gasteiger charge is -2.34. The number of nitrogens with zero attached hydrogens (tertiary/aromatic N) is 5. The summed E-state index contributed by atoms with van der Waals surface area (Å²) in [5, 5.41) is 6.47. The maximum Gasteiger partial charge on any atom is 0.225 e. The summed E-state index contributed by atoms with van der Waals surface area (Å²) in [7, 11) is 1.77. The molecule has 7 nitrogen and oxygen atoms in total. The van der Waals surface area contributed by atoms with Crippen LogP contribution in [0.15, 0.2) is 36.1 Å². The SMILES string of the molecule is C=CCNC(=NC)NCCN1CCN(c2ncccn2)CC1. The van der Waals surface area contributed by atoms with Crippen LogP contribution in [0.5, 0.6) is 0 Å². The average Bonchev–Trinajstić information content (AvgIpc) is 2.59. The summed E-state index contributed by atoms with van der Waals surface area (Å²) in [6.07, 6.45) is 5.40. The van der Waals surface area contributed by atoms with Crippen LogP contribution in [0.2, 0.25) is 0 Å². The molecule has 0 saturated carbocycles. The molecule has 1 aliphatic rings. The normalized spacial score (nSPS) is 16.4. The Morgan fingerprint density at radius 1 is 1.27 bits per heavy atom. The van der Waals surface area contributed by atoms with Crippen LogP contribution in [0.3, 0.4) is 0 Å². The van der Waals surface area contributed by atoms with Gasteiger partial charge < -0.3 is 15.5 Å². The van der Waals surface area contributed by atoms with Gasteiger partial charge in [-0.15, -0.1) is 6.58 Å². The number of aliphatic imine (C=N–C) groups is 1. The first-order chi connectivity index (χ1) is 10.8. The second-order valence-corrected chi connectivity index (χ2v) is 5.05. The zero-order chi connectivity index (χ0) is 15.6. The van der Waals surface area contributed by atoms with Gasteiger partial charge in [0, 0.05) is 65.3 Å². The van der Waals surface area contributed by atoms with Crippen molar-refractivity contribution in [1.82, 2.24) is 25.5 Å². The minimum atomic E-state index is 0.718. The van der Waals surface area contributed by atoms with Gasteiger partial charge in [0.15, 0.2) is 5.96 Å². The molecule has 7 heteroatoms. The Bertz CT molecular complexity index is 466. The third-order valence-electron chi connectivity index (χ3n) is 3.57. The van der Waals surface area contributed by atoms with E-state index >= 15 is 0 Å². The van der Waals surface area contributed by atoms with Gasteiger partial charge in [0.2, 0.25) is 5.95 Å². The molecule has 1 aromatic heterocycles. The molecule has 0 atom stereocenters. The minimum Gasteiger partial charge on any atom is -0.355 e. The van der Waals surface area contributed by atoms with Gasteiger partial charge in [-0.25, -0.2) is 9.97 Å². The molecule has 1 fully saturated rings. The fraction of sp³-hybridized carbons (Fsp3) is 0.533. The summed E-state index contributed by atoms with van der Waals surface area (Å²) in [4.78, 5) is 17.4. The Labute approximate surface area is 132 Å². The fourth-order valence-corrected chi connectivity index (χ4v) is 2.35. The zero-order valence-corrected chi connectivity index (χ0v) is 13.2. The highest BCUT2D eigenvalue weighted by molar-refractivity contribution is 5.79. The smallest absolute Gasteiger partial charge is 0.225 e. The Morgan fingerprint density at radius 3 is 2.64 bits per heavy atom. The van der Waals surface area contributed by atoms with Gasteiger partial charge in [-0.1, -0.05) is 6.08 Å². The number of piperazine rings is 1. The molecule has 22 heavy (non-hydrogen) atoms. The highest BCUT2D eigenvalue weighted by Gasteiger charge is 2.18. The monoisotopic (exact) mass is 303 g/mol. The molecular weight excluding hydrogens is 278 g/mol. The Kier molecular flexibility index (Phi) is 6.63. The number of guanidine groups is 1. The largest absolute Gasteiger partial charge is 0.355 e. The lowest BCUT2D eigenvalue weighted by atomic mass is 10.3. The Hall–Kier alpha value is -2.15. The van der Waals surface area contributed by atoms with Gasteiger partial charge in [0.25, 0.3) is 0 Å². The second-order valence-electron chi connectivity index (χ2n) is 5.05. The summed E-state index contributed by atoms with van der Waals surface area (Å²) < 4.78 is 0. The van der Waals surface area contributed by atoms with Crippen LogP contribution >= 0.6 is 0 Å². The first kappa shape index (κ1) is 16.2. The van der Waals surface area contributed by atoms with Crippen molar-refractivity contribution in [2.24, 2.45) is 4.99 Å². The predicted octanol–water partition coefficient (Wildman–Crippen LogP) is -0.0504. The standard InChI is InChI=1S/C15H25N7/c1-3-5-17-14(16-2)18-8-9-21-10-12-22(13-11-21)15-19-6-4-7-20-15/h3-4,6-7H,1,5,8-13H2,2H3,(H2,16,17,18). The van der Waals surface area contributed by atoms with Crippen molar-refractivity contribution in [1.29, 1.82) is 0 Å². The van der Waals surface area contributed by atoms with Gasteiger partial charge in [-0.05, 0) is 6.07 Å². The minimum absolute atomic E-state index is 0.718. The molecule has 120 valence electrons. The first-order valence-corrected chi connectivity index (χ1v) is 7.63. The van der Waals surface area contributed by atoms with E-state index in [9.17, 15) is 0 Å². The van der Waals surface area contributed by atoms with Gasteiger partial charge in [-0.3, -0.25) is 9.89 Å². The Balaban J connectivity index is 1.66. The number of rotatable bonds is 6. The molecule has 0 aromatic carbocycles. The van der Waals surface area contributed by atoms with E-state index in [1.54, 1.807) is 19.4 Å². The van der Waals surface area contributed by atoms with Crippen molar-refractivity contribution in [2.45, 2.75) is 0 Å². The average molecular weight is 303 g/mol. The number of nitrogens with one attached hydrogen (secondary N) is 2. The van der Waals surface area contributed by atoms with Gasteiger partial charge in [0.05, 0.1) is 0 Å². The van der Waals surface area contributed by atoms with Crippen LogP contribution in [0.4, 0.5) is 5.95 Å². The molecule has 2 rings (SSSR count). The third-order valence-corrected chi connectivity index (χ3v) is 3.57. The summed E-state index contributed by atoms with van der Waals surface area (Å²) in [6.45, 7) is 10.3. The van der Waals surface area contributed by atoms with Crippen molar-refractivity contribution < 1.29 is 0 Å². The van der Waals surface area contributed by atoms with E-state index in [2.05, 4.69) is 42.0 Å². The van der Waals surface area contributed by atoms with E-state index in [1.165, 1.54) is 0 Å². The molecular formula is C15H25N7. The maximum atomic E-state index is 4.30. The predicted molar refractivity (Wildman–Crippen MR) is 90.2 cm³/mol. The van der Waals surface area contributed by atoms with E-state index < -0.39 is 0 Å². The lowest BCUT2D eigenvalue weighted by Crippen LogP contribution is -2.49. The van der Waals surface area contributed by atoms with Crippen LogP contribution in [-0.2, 0) is 0 Å². The number of anilines is 1. The van der Waals surface area contributed by atoms with E-state index in [1.807, 2.05) is 12.1 Å². The van der Waals surface area contributed by atoms with Crippen molar-refractivity contribution in [3.8, 4) is 0 Å². The fourth-order valence-electron chi connectivity index (χ4n) is 2.35. The molecule has 0 aliphatic carbocycles. The van der Waals surface area contributed by atoms with Crippen molar-refractivity contribution in [3.05, 3.63) is 31.1 Å². The second kappa shape index (κ2) is 8.99. The molecule has 1 aliphatic heterocycles. The molecule has 0 radical (unpaired) electrons. The molecule has 1 aromatic rings. The van der Waals surface area contributed by atoms with Crippen LogP contribution in [0.1, 0.15) is 0 Å². The zero-order valence-electron chi connectivity index (χ0n) is 13.2. The van der Waals surface area contributed by atoms with Gasteiger partial charge in [0.1, 0.15) is 0 Å². The summed E-state index contributed by atoms with van der Waals surface area (Å²) >= 11 is 0. The maximum absolute atomic E-state index is 4.30. The molecule has 1 saturated heterocycles. The highest BCUT2D eigenvalue weighted by Crippen LogP contribution is 2.08. The number of hydrogen-bond acceptors (Lipinski definition) is 5. The highest BCUT2D eigenvalue weighted by atomic mass is 15.3. The van der Waals surface area contributed by atoms with Crippen LogP contribution in [-0.4, -0.2) is 73.7 Å². The van der Waals surface area contributed by atoms with E-state index in [4.69, 9.17) is 0 Å². The molecule has 2 heterocycles. The van der Waals surface area contributed by atoms with E-state index in [0.29, 0.717) is 0 Å². The molecule has 0 bridgehead atoms.